The third kappa shape index (κ3) is 3.17. The fraction of sp³-hybridized carbons (Fsp3) is 0.500. The van der Waals surface area contributed by atoms with Gasteiger partial charge in [-0.2, -0.15) is 0 Å². The Morgan fingerprint density at radius 1 is 1.50 bits per heavy atom. The molecule has 4 heteroatoms. The van der Waals surface area contributed by atoms with Crippen molar-refractivity contribution in [1.29, 1.82) is 0 Å². The lowest BCUT2D eigenvalue weighted by Crippen LogP contribution is -2.54. The smallest absolute Gasteiger partial charge is 0.223 e. The summed E-state index contributed by atoms with van der Waals surface area (Å²) in [5.74, 6) is 1.51. The Kier molecular flexibility index (Phi) is 4.78. The molecule has 1 aliphatic heterocycles. The summed E-state index contributed by atoms with van der Waals surface area (Å²) in [5, 5.41) is 3.46. The van der Waals surface area contributed by atoms with Crippen molar-refractivity contribution in [2.75, 3.05) is 13.1 Å². The molecule has 3 rings (SSSR count). The van der Waals surface area contributed by atoms with E-state index in [1.807, 2.05) is 17.0 Å². The number of amides is 1. The van der Waals surface area contributed by atoms with Crippen LogP contribution in [0.3, 0.4) is 0 Å². The maximum absolute atomic E-state index is 12.7. The quantitative estimate of drug-likeness (QED) is 0.909. The molecule has 1 saturated heterocycles. The summed E-state index contributed by atoms with van der Waals surface area (Å²) in [7, 11) is 0. The second-order valence-corrected chi connectivity index (χ2v) is 6.06. The first kappa shape index (κ1) is 15.1. The third-order valence-corrected chi connectivity index (χ3v) is 4.55. The Bertz CT molecular complexity index is 560. The molecule has 2 unspecified atom stereocenters. The number of fused-ring (bicyclic) bond motifs is 1. The fourth-order valence-electron chi connectivity index (χ4n) is 3.44. The molecule has 0 aromatic carbocycles. The lowest BCUT2D eigenvalue weighted by molar-refractivity contribution is -0.135. The Morgan fingerprint density at radius 2 is 2.41 bits per heavy atom. The molecular formula is C18H24N2O2. The molecule has 2 atom stereocenters. The van der Waals surface area contributed by atoms with Crippen molar-refractivity contribution in [3.8, 4) is 0 Å². The van der Waals surface area contributed by atoms with Crippen LogP contribution in [0.4, 0.5) is 0 Å². The summed E-state index contributed by atoms with van der Waals surface area (Å²) >= 11 is 0. The van der Waals surface area contributed by atoms with E-state index in [-0.39, 0.29) is 11.9 Å². The van der Waals surface area contributed by atoms with Crippen LogP contribution in [0.25, 0.3) is 0 Å². The van der Waals surface area contributed by atoms with Crippen LogP contribution in [0.1, 0.15) is 31.9 Å². The number of allylic oxidation sites excluding steroid dienone is 3. The lowest BCUT2D eigenvalue weighted by Gasteiger charge is -2.42. The van der Waals surface area contributed by atoms with Crippen molar-refractivity contribution in [2.45, 2.75) is 38.8 Å². The molecule has 1 aliphatic carbocycles. The highest BCUT2D eigenvalue weighted by Crippen LogP contribution is 2.30. The first-order valence-corrected chi connectivity index (χ1v) is 8.17. The molecule has 118 valence electrons. The standard InChI is InChI=1S/C18H24N2O2/c1-2-6-18(21)20(13-15-8-5-10-22-15)17-12-19-11-14-7-3-4-9-16(14)17/h3-5,7-8,10,16-17,19H,2,6,9,11-13H2,1H3. The van der Waals surface area contributed by atoms with E-state index in [9.17, 15) is 4.79 Å². The summed E-state index contributed by atoms with van der Waals surface area (Å²) in [6, 6.07) is 4.03. The van der Waals surface area contributed by atoms with Crippen LogP contribution in [0.2, 0.25) is 0 Å². The van der Waals surface area contributed by atoms with Crippen LogP contribution in [0.5, 0.6) is 0 Å². The van der Waals surface area contributed by atoms with E-state index in [2.05, 4.69) is 30.5 Å². The highest BCUT2D eigenvalue weighted by molar-refractivity contribution is 5.76. The highest BCUT2D eigenvalue weighted by atomic mass is 16.3. The summed E-state index contributed by atoms with van der Waals surface area (Å²) in [4.78, 5) is 14.7. The number of hydrogen-bond donors (Lipinski definition) is 1. The summed E-state index contributed by atoms with van der Waals surface area (Å²) in [5.41, 5.74) is 1.41. The van der Waals surface area contributed by atoms with E-state index in [0.717, 1.165) is 31.7 Å². The van der Waals surface area contributed by atoms with Gasteiger partial charge in [0.2, 0.25) is 5.91 Å². The Balaban J connectivity index is 1.82. The number of piperidine rings is 1. The van der Waals surface area contributed by atoms with Crippen LogP contribution in [-0.2, 0) is 11.3 Å². The van der Waals surface area contributed by atoms with Gasteiger partial charge in [0.25, 0.3) is 0 Å². The minimum Gasteiger partial charge on any atom is -0.467 e. The molecule has 0 saturated carbocycles. The number of carbonyl (C=O) groups excluding carboxylic acids is 1. The van der Waals surface area contributed by atoms with Crippen molar-refractivity contribution in [3.63, 3.8) is 0 Å². The average Bonchev–Trinajstić information content (AvgIpc) is 3.05. The highest BCUT2D eigenvalue weighted by Gasteiger charge is 2.35. The predicted octanol–water partition coefficient (Wildman–Crippen LogP) is 2.88. The number of nitrogens with zero attached hydrogens (tertiary/aromatic N) is 1. The molecule has 0 radical (unpaired) electrons. The minimum atomic E-state index is 0.203. The van der Waals surface area contributed by atoms with Crippen molar-refractivity contribution in [2.24, 2.45) is 5.92 Å². The van der Waals surface area contributed by atoms with Crippen LogP contribution < -0.4 is 5.32 Å². The molecule has 1 aromatic rings. The monoisotopic (exact) mass is 300 g/mol. The van der Waals surface area contributed by atoms with Crippen molar-refractivity contribution in [1.82, 2.24) is 10.2 Å². The van der Waals surface area contributed by atoms with Gasteiger partial charge in [-0.1, -0.05) is 30.7 Å². The largest absolute Gasteiger partial charge is 0.467 e. The molecule has 1 N–H and O–H groups in total. The van der Waals surface area contributed by atoms with Gasteiger partial charge in [0.05, 0.1) is 18.8 Å². The van der Waals surface area contributed by atoms with Crippen LogP contribution in [0, 0.1) is 5.92 Å². The minimum absolute atomic E-state index is 0.203. The average molecular weight is 300 g/mol. The number of rotatable bonds is 5. The van der Waals surface area contributed by atoms with Gasteiger partial charge in [0.15, 0.2) is 0 Å². The zero-order valence-corrected chi connectivity index (χ0v) is 13.1. The molecular weight excluding hydrogens is 276 g/mol. The van der Waals surface area contributed by atoms with Gasteiger partial charge < -0.3 is 14.6 Å². The Hall–Kier alpha value is -1.81. The van der Waals surface area contributed by atoms with Crippen LogP contribution in [-0.4, -0.2) is 29.9 Å². The predicted molar refractivity (Wildman–Crippen MR) is 86.2 cm³/mol. The number of hydrogen-bond acceptors (Lipinski definition) is 3. The molecule has 22 heavy (non-hydrogen) atoms. The maximum atomic E-state index is 12.7. The topological polar surface area (TPSA) is 45.5 Å². The van der Waals surface area contributed by atoms with Gasteiger partial charge in [0.1, 0.15) is 5.76 Å². The normalized spacial score (nSPS) is 23.8. The maximum Gasteiger partial charge on any atom is 0.223 e. The SMILES string of the molecule is CCCC(=O)N(Cc1ccco1)C1CNCC2=CC=CCC21. The second-order valence-electron chi connectivity index (χ2n) is 6.06. The van der Waals surface area contributed by atoms with E-state index in [1.54, 1.807) is 6.26 Å². The van der Waals surface area contributed by atoms with Crippen LogP contribution in [0.15, 0.2) is 46.6 Å². The summed E-state index contributed by atoms with van der Waals surface area (Å²) in [6.07, 6.45) is 10.7. The first-order chi connectivity index (χ1) is 10.8. The lowest BCUT2D eigenvalue weighted by atomic mass is 9.81. The van der Waals surface area contributed by atoms with Gasteiger partial charge >= 0.3 is 0 Å². The second kappa shape index (κ2) is 6.97. The van der Waals surface area contributed by atoms with Gasteiger partial charge in [0, 0.05) is 25.4 Å². The number of carbonyl (C=O) groups is 1. The van der Waals surface area contributed by atoms with E-state index in [4.69, 9.17) is 4.42 Å². The van der Waals surface area contributed by atoms with Gasteiger partial charge in [-0.05, 0) is 25.0 Å². The van der Waals surface area contributed by atoms with Crippen molar-refractivity contribution in [3.05, 3.63) is 48.0 Å². The molecule has 1 fully saturated rings. The van der Waals surface area contributed by atoms with Gasteiger partial charge in [-0.15, -0.1) is 0 Å². The zero-order chi connectivity index (χ0) is 15.4. The first-order valence-electron chi connectivity index (χ1n) is 8.17. The third-order valence-electron chi connectivity index (χ3n) is 4.55. The van der Waals surface area contributed by atoms with E-state index < -0.39 is 0 Å². The molecule has 1 aromatic heterocycles. The molecule has 4 nitrogen and oxygen atoms in total. The van der Waals surface area contributed by atoms with E-state index in [0.29, 0.717) is 18.9 Å². The summed E-state index contributed by atoms with van der Waals surface area (Å²) in [6.45, 7) is 4.40. The zero-order valence-electron chi connectivity index (χ0n) is 13.1. The molecule has 1 amide bonds. The summed E-state index contributed by atoms with van der Waals surface area (Å²) < 4.78 is 5.48. The molecule has 2 heterocycles. The van der Waals surface area contributed by atoms with E-state index in [1.165, 1.54) is 5.57 Å². The van der Waals surface area contributed by atoms with Crippen molar-refractivity contribution >= 4 is 5.91 Å². The van der Waals surface area contributed by atoms with Gasteiger partial charge in [-0.25, -0.2) is 0 Å². The molecule has 0 bridgehead atoms. The fourth-order valence-corrected chi connectivity index (χ4v) is 3.44. The van der Waals surface area contributed by atoms with E-state index >= 15 is 0 Å². The van der Waals surface area contributed by atoms with Gasteiger partial charge in [-0.3, -0.25) is 4.79 Å². The van der Waals surface area contributed by atoms with Crippen molar-refractivity contribution < 1.29 is 9.21 Å². The number of nitrogens with one attached hydrogen (secondary N) is 1. The Labute approximate surface area is 131 Å². The molecule has 0 spiro atoms. The molecule has 2 aliphatic rings. The number of furan rings is 1. The van der Waals surface area contributed by atoms with Crippen LogP contribution >= 0.6 is 0 Å². The Morgan fingerprint density at radius 3 is 3.18 bits per heavy atom.